The molecule has 1 aliphatic carbocycles. The first kappa shape index (κ1) is 14.4. The maximum atomic E-state index is 11.8. The Morgan fingerprint density at radius 2 is 2.26 bits per heavy atom. The fourth-order valence-corrected chi connectivity index (χ4v) is 3.46. The average molecular weight is 277 g/mol. The smallest absolute Gasteiger partial charge is 0.230 e. The van der Waals surface area contributed by atoms with E-state index in [0.29, 0.717) is 11.8 Å². The molecule has 2 atom stereocenters. The summed E-state index contributed by atoms with van der Waals surface area (Å²) in [4.78, 5) is 11.8. The van der Waals surface area contributed by atoms with E-state index < -0.39 is 0 Å². The van der Waals surface area contributed by atoms with Gasteiger partial charge in [-0.25, -0.2) is 0 Å². The highest BCUT2D eigenvalue weighted by Gasteiger charge is 2.22. The summed E-state index contributed by atoms with van der Waals surface area (Å²) in [5, 5.41) is 3.15. The van der Waals surface area contributed by atoms with Crippen LogP contribution >= 0.6 is 11.8 Å². The zero-order valence-corrected chi connectivity index (χ0v) is 12.6. The number of amides is 1. The fourth-order valence-electron chi connectivity index (χ4n) is 2.67. The Kier molecular flexibility index (Phi) is 5.32. The molecule has 1 aliphatic rings. The first-order chi connectivity index (χ1) is 9.13. The second-order valence-electron chi connectivity index (χ2n) is 5.66. The fraction of sp³-hybridized carbons (Fsp3) is 0.562. The molecule has 1 aromatic rings. The lowest BCUT2D eigenvalue weighted by Crippen LogP contribution is -2.34. The zero-order chi connectivity index (χ0) is 13.7. The van der Waals surface area contributed by atoms with Gasteiger partial charge in [-0.05, 0) is 37.7 Å². The Morgan fingerprint density at radius 1 is 1.42 bits per heavy atom. The largest absolute Gasteiger partial charge is 0.353 e. The summed E-state index contributed by atoms with van der Waals surface area (Å²) < 4.78 is 0. The van der Waals surface area contributed by atoms with E-state index in [-0.39, 0.29) is 5.91 Å². The Hall–Kier alpha value is -0.960. The highest BCUT2D eigenvalue weighted by Crippen LogP contribution is 2.24. The molecule has 2 nitrogen and oxygen atoms in total. The minimum Gasteiger partial charge on any atom is -0.353 e. The van der Waals surface area contributed by atoms with E-state index in [1.54, 1.807) is 11.8 Å². The van der Waals surface area contributed by atoms with Gasteiger partial charge >= 0.3 is 0 Å². The van der Waals surface area contributed by atoms with E-state index in [9.17, 15) is 4.79 Å². The molecule has 0 aliphatic heterocycles. The second-order valence-corrected chi connectivity index (χ2v) is 6.65. The molecule has 0 aromatic heterocycles. The maximum absolute atomic E-state index is 11.8. The Balaban J connectivity index is 1.66. The number of hydrogen-bond acceptors (Lipinski definition) is 2. The maximum Gasteiger partial charge on any atom is 0.230 e. The van der Waals surface area contributed by atoms with Crippen LogP contribution in [-0.4, -0.2) is 17.7 Å². The van der Waals surface area contributed by atoms with Gasteiger partial charge in [0.05, 0.1) is 5.75 Å². The van der Waals surface area contributed by atoms with Crippen LogP contribution in [0.1, 0.15) is 37.3 Å². The number of benzene rings is 1. The van der Waals surface area contributed by atoms with Gasteiger partial charge in [-0.2, -0.15) is 0 Å². The minimum absolute atomic E-state index is 0.191. The third kappa shape index (κ3) is 4.90. The number of hydrogen-bond donors (Lipinski definition) is 1. The topological polar surface area (TPSA) is 29.1 Å². The van der Waals surface area contributed by atoms with E-state index in [0.717, 1.165) is 24.5 Å². The van der Waals surface area contributed by atoms with Gasteiger partial charge in [0.25, 0.3) is 0 Å². The molecular weight excluding hydrogens is 254 g/mol. The SMILES string of the molecule is Cc1cccc(CSCC(=O)NC2CCC(C)C2)c1. The van der Waals surface area contributed by atoms with Crippen LogP contribution in [0.5, 0.6) is 0 Å². The Bertz CT molecular complexity index is 433. The van der Waals surface area contributed by atoms with Crippen molar-refractivity contribution in [2.75, 3.05) is 5.75 Å². The summed E-state index contributed by atoms with van der Waals surface area (Å²) in [5.41, 5.74) is 2.58. The molecule has 0 heterocycles. The third-order valence-corrected chi connectivity index (χ3v) is 4.65. The van der Waals surface area contributed by atoms with Crippen LogP contribution in [-0.2, 0) is 10.5 Å². The van der Waals surface area contributed by atoms with Gasteiger partial charge < -0.3 is 5.32 Å². The molecule has 1 fully saturated rings. The first-order valence-electron chi connectivity index (χ1n) is 7.06. The van der Waals surface area contributed by atoms with Gasteiger partial charge in [0, 0.05) is 11.8 Å². The number of carbonyl (C=O) groups excluding carboxylic acids is 1. The van der Waals surface area contributed by atoms with Gasteiger partial charge in [0.1, 0.15) is 0 Å². The summed E-state index contributed by atoms with van der Waals surface area (Å²) >= 11 is 1.70. The predicted octanol–water partition coefficient (Wildman–Crippen LogP) is 3.53. The molecule has 2 unspecified atom stereocenters. The van der Waals surface area contributed by atoms with Crippen molar-refractivity contribution in [3.63, 3.8) is 0 Å². The summed E-state index contributed by atoms with van der Waals surface area (Å²) in [6.07, 6.45) is 3.55. The van der Waals surface area contributed by atoms with Crippen molar-refractivity contribution in [2.45, 2.75) is 44.9 Å². The molecule has 1 N–H and O–H groups in total. The van der Waals surface area contributed by atoms with E-state index >= 15 is 0 Å². The van der Waals surface area contributed by atoms with Crippen molar-refractivity contribution < 1.29 is 4.79 Å². The van der Waals surface area contributed by atoms with Gasteiger partial charge in [-0.15, -0.1) is 11.8 Å². The van der Waals surface area contributed by atoms with E-state index in [2.05, 4.69) is 43.4 Å². The first-order valence-corrected chi connectivity index (χ1v) is 8.21. The van der Waals surface area contributed by atoms with Gasteiger partial charge in [-0.1, -0.05) is 36.8 Å². The van der Waals surface area contributed by atoms with Gasteiger partial charge in [-0.3, -0.25) is 4.79 Å². The van der Waals surface area contributed by atoms with Crippen molar-refractivity contribution in [3.05, 3.63) is 35.4 Å². The Morgan fingerprint density at radius 3 is 2.95 bits per heavy atom. The molecule has 3 heteroatoms. The summed E-state index contributed by atoms with van der Waals surface area (Å²) in [6, 6.07) is 8.90. The zero-order valence-electron chi connectivity index (χ0n) is 11.8. The molecule has 0 spiro atoms. The molecule has 2 rings (SSSR count). The Labute approximate surface area is 120 Å². The van der Waals surface area contributed by atoms with Crippen LogP contribution in [0.2, 0.25) is 0 Å². The lowest BCUT2D eigenvalue weighted by Gasteiger charge is -2.12. The van der Waals surface area contributed by atoms with Crippen LogP contribution in [0.15, 0.2) is 24.3 Å². The van der Waals surface area contributed by atoms with Crippen LogP contribution in [0.25, 0.3) is 0 Å². The van der Waals surface area contributed by atoms with Crippen LogP contribution in [0, 0.1) is 12.8 Å². The summed E-state index contributed by atoms with van der Waals surface area (Å²) in [5.74, 6) is 2.44. The van der Waals surface area contributed by atoms with Gasteiger partial charge in [0.2, 0.25) is 5.91 Å². The summed E-state index contributed by atoms with van der Waals surface area (Å²) in [7, 11) is 0. The average Bonchev–Trinajstić information content (AvgIpc) is 2.75. The molecule has 104 valence electrons. The molecule has 0 saturated heterocycles. The van der Waals surface area contributed by atoms with Crippen molar-refractivity contribution in [2.24, 2.45) is 5.92 Å². The van der Waals surface area contributed by atoms with E-state index in [1.807, 2.05) is 0 Å². The molecule has 0 bridgehead atoms. The lowest BCUT2D eigenvalue weighted by molar-refractivity contribution is -0.119. The monoisotopic (exact) mass is 277 g/mol. The van der Waals surface area contributed by atoms with Crippen LogP contribution in [0.3, 0.4) is 0 Å². The van der Waals surface area contributed by atoms with Crippen molar-refractivity contribution in [1.82, 2.24) is 5.32 Å². The minimum atomic E-state index is 0.191. The van der Waals surface area contributed by atoms with Crippen molar-refractivity contribution in [1.29, 1.82) is 0 Å². The number of thioether (sulfide) groups is 1. The van der Waals surface area contributed by atoms with Crippen LogP contribution < -0.4 is 5.32 Å². The number of nitrogens with one attached hydrogen (secondary N) is 1. The second kappa shape index (κ2) is 6.99. The normalized spacial score (nSPS) is 22.4. The molecule has 1 amide bonds. The third-order valence-electron chi connectivity index (χ3n) is 3.64. The highest BCUT2D eigenvalue weighted by molar-refractivity contribution is 7.99. The standard InChI is InChI=1S/C16H23NOS/c1-12-4-3-5-14(8-12)10-19-11-16(18)17-15-7-6-13(2)9-15/h3-5,8,13,15H,6-7,9-11H2,1-2H3,(H,17,18). The number of aryl methyl sites for hydroxylation is 1. The van der Waals surface area contributed by atoms with Crippen LogP contribution in [0.4, 0.5) is 0 Å². The molecule has 1 aromatic carbocycles. The highest BCUT2D eigenvalue weighted by atomic mass is 32.2. The molecule has 19 heavy (non-hydrogen) atoms. The number of carbonyl (C=O) groups is 1. The molecular formula is C16H23NOS. The number of rotatable bonds is 5. The summed E-state index contributed by atoms with van der Waals surface area (Å²) in [6.45, 7) is 4.36. The van der Waals surface area contributed by atoms with Crippen molar-refractivity contribution >= 4 is 17.7 Å². The molecule has 1 saturated carbocycles. The van der Waals surface area contributed by atoms with Gasteiger partial charge in [0.15, 0.2) is 0 Å². The predicted molar refractivity (Wildman–Crippen MR) is 82.3 cm³/mol. The quantitative estimate of drug-likeness (QED) is 0.892. The van der Waals surface area contributed by atoms with E-state index in [1.165, 1.54) is 17.5 Å². The molecule has 0 radical (unpaired) electrons. The van der Waals surface area contributed by atoms with Crippen molar-refractivity contribution in [3.8, 4) is 0 Å². The van der Waals surface area contributed by atoms with E-state index in [4.69, 9.17) is 0 Å². The lowest BCUT2D eigenvalue weighted by atomic mass is 10.1.